The standard InChI is InChI=1S/C11H23NO/c1-10-4-6-11(7-5-10)13-9-8-12(2)3/h10-11H,4-9H2,1-3H3. The molecule has 1 aliphatic rings. The number of hydrogen-bond donors (Lipinski definition) is 0. The van der Waals surface area contributed by atoms with E-state index in [0.717, 1.165) is 19.1 Å². The van der Waals surface area contributed by atoms with Gasteiger partial charge in [-0.2, -0.15) is 0 Å². The summed E-state index contributed by atoms with van der Waals surface area (Å²) in [5, 5.41) is 0. The van der Waals surface area contributed by atoms with Gasteiger partial charge in [0.1, 0.15) is 0 Å². The van der Waals surface area contributed by atoms with Crippen molar-refractivity contribution >= 4 is 0 Å². The number of ether oxygens (including phenoxy) is 1. The number of likely N-dealkylation sites (N-methyl/N-ethyl adjacent to an activating group) is 1. The van der Waals surface area contributed by atoms with Gasteiger partial charge in [0.15, 0.2) is 0 Å². The van der Waals surface area contributed by atoms with Crippen LogP contribution in [0.2, 0.25) is 0 Å². The van der Waals surface area contributed by atoms with Crippen molar-refractivity contribution in [3.05, 3.63) is 0 Å². The molecule has 0 aromatic heterocycles. The van der Waals surface area contributed by atoms with Crippen LogP contribution >= 0.6 is 0 Å². The van der Waals surface area contributed by atoms with Gasteiger partial charge in [0, 0.05) is 6.54 Å². The first kappa shape index (κ1) is 11.0. The van der Waals surface area contributed by atoms with Crippen LogP contribution in [0.1, 0.15) is 32.6 Å². The minimum Gasteiger partial charge on any atom is -0.377 e. The Morgan fingerprint density at radius 3 is 2.31 bits per heavy atom. The second-order valence-electron chi connectivity index (χ2n) is 4.56. The Bertz CT molecular complexity index is 128. The topological polar surface area (TPSA) is 12.5 Å². The van der Waals surface area contributed by atoms with E-state index in [2.05, 4.69) is 25.9 Å². The third kappa shape index (κ3) is 4.63. The zero-order valence-corrected chi connectivity index (χ0v) is 9.25. The molecule has 0 heterocycles. The first-order valence-corrected chi connectivity index (χ1v) is 5.45. The third-order valence-electron chi connectivity index (χ3n) is 2.85. The van der Waals surface area contributed by atoms with Gasteiger partial charge in [-0.05, 0) is 45.7 Å². The lowest BCUT2D eigenvalue weighted by molar-refractivity contribution is 0.0135. The molecule has 0 bridgehead atoms. The van der Waals surface area contributed by atoms with Crippen LogP contribution in [0.4, 0.5) is 0 Å². The fraction of sp³-hybridized carbons (Fsp3) is 1.00. The summed E-state index contributed by atoms with van der Waals surface area (Å²) in [5.41, 5.74) is 0. The molecule has 0 amide bonds. The Morgan fingerprint density at radius 1 is 1.15 bits per heavy atom. The van der Waals surface area contributed by atoms with Crippen molar-refractivity contribution in [1.29, 1.82) is 0 Å². The van der Waals surface area contributed by atoms with Crippen molar-refractivity contribution in [2.24, 2.45) is 5.92 Å². The average Bonchev–Trinajstić information content (AvgIpc) is 2.08. The summed E-state index contributed by atoms with van der Waals surface area (Å²) in [7, 11) is 4.18. The number of hydrogen-bond acceptors (Lipinski definition) is 2. The molecule has 0 N–H and O–H groups in total. The molecule has 0 saturated heterocycles. The molecule has 1 rings (SSSR count). The van der Waals surface area contributed by atoms with Crippen molar-refractivity contribution in [2.75, 3.05) is 27.2 Å². The van der Waals surface area contributed by atoms with Gasteiger partial charge < -0.3 is 9.64 Å². The summed E-state index contributed by atoms with van der Waals surface area (Å²) in [6.07, 6.45) is 5.80. The Morgan fingerprint density at radius 2 is 1.77 bits per heavy atom. The molecule has 0 atom stereocenters. The average molecular weight is 185 g/mol. The highest BCUT2D eigenvalue weighted by Crippen LogP contribution is 2.25. The summed E-state index contributed by atoms with van der Waals surface area (Å²) in [6, 6.07) is 0. The predicted molar refractivity (Wildman–Crippen MR) is 55.9 cm³/mol. The van der Waals surface area contributed by atoms with E-state index < -0.39 is 0 Å². The molecule has 0 unspecified atom stereocenters. The number of nitrogens with zero attached hydrogens (tertiary/aromatic N) is 1. The van der Waals surface area contributed by atoms with Crippen LogP contribution in [0, 0.1) is 5.92 Å². The second-order valence-corrected chi connectivity index (χ2v) is 4.56. The maximum Gasteiger partial charge on any atom is 0.0596 e. The van der Waals surface area contributed by atoms with Gasteiger partial charge in [0.25, 0.3) is 0 Å². The molecule has 13 heavy (non-hydrogen) atoms. The molecule has 0 aromatic rings. The van der Waals surface area contributed by atoms with Gasteiger partial charge in [-0.1, -0.05) is 6.92 Å². The van der Waals surface area contributed by atoms with Gasteiger partial charge >= 0.3 is 0 Å². The van der Waals surface area contributed by atoms with Crippen molar-refractivity contribution in [3.63, 3.8) is 0 Å². The third-order valence-corrected chi connectivity index (χ3v) is 2.85. The lowest BCUT2D eigenvalue weighted by Crippen LogP contribution is -2.25. The smallest absolute Gasteiger partial charge is 0.0596 e. The van der Waals surface area contributed by atoms with E-state index in [1.54, 1.807) is 0 Å². The molecule has 0 spiro atoms. The van der Waals surface area contributed by atoms with E-state index in [-0.39, 0.29) is 0 Å². The lowest BCUT2D eigenvalue weighted by Gasteiger charge is -2.26. The van der Waals surface area contributed by atoms with Crippen molar-refractivity contribution in [2.45, 2.75) is 38.7 Å². The highest BCUT2D eigenvalue weighted by molar-refractivity contribution is 4.69. The quantitative estimate of drug-likeness (QED) is 0.665. The van der Waals surface area contributed by atoms with E-state index in [0.29, 0.717) is 6.10 Å². The summed E-state index contributed by atoms with van der Waals surface area (Å²) in [6.45, 7) is 4.29. The summed E-state index contributed by atoms with van der Waals surface area (Å²) < 4.78 is 5.80. The number of rotatable bonds is 4. The lowest BCUT2D eigenvalue weighted by atomic mass is 9.89. The monoisotopic (exact) mass is 185 g/mol. The van der Waals surface area contributed by atoms with E-state index >= 15 is 0 Å². The van der Waals surface area contributed by atoms with Crippen LogP contribution < -0.4 is 0 Å². The molecule has 2 heteroatoms. The van der Waals surface area contributed by atoms with Crippen LogP contribution in [-0.2, 0) is 4.74 Å². The van der Waals surface area contributed by atoms with E-state index in [4.69, 9.17) is 4.74 Å². The zero-order chi connectivity index (χ0) is 9.68. The summed E-state index contributed by atoms with van der Waals surface area (Å²) in [4.78, 5) is 2.17. The molecule has 0 aliphatic heterocycles. The normalized spacial score (nSPS) is 29.5. The highest BCUT2D eigenvalue weighted by Gasteiger charge is 2.18. The Labute approximate surface area is 82.3 Å². The van der Waals surface area contributed by atoms with E-state index in [1.807, 2.05) is 0 Å². The van der Waals surface area contributed by atoms with Gasteiger partial charge in [-0.25, -0.2) is 0 Å². The van der Waals surface area contributed by atoms with Gasteiger partial charge in [-0.3, -0.25) is 0 Å². The maximum atomic E-state index is 5.80. The fourth-order valence-corrected chi connectivity index (χ4v) is 1.80. The first-order chi connectivity index (χ1) is 6.18. The first-order valence-electron chi connectivity index (χ1n) is 5.45. The molecule has 0 aromatic carbocycles. The molecule has 1 fully saturated rings. The highest BCUT2D eigenvalue weighted by atomic mass is 16.5. The molecule has 78 valence electrons. The fourth-order valence-electron chi connectivity index (χ4n) is 1.80. The van der Waals surface area contributed by atoms with Crippen molar-refractivity contribution in [3.8, 4) is 0 Å². The summed E-state index contributed by atoms with van der Waals surface area (Å²) >= 11 is 0. The Kier molecular flexibility index (Phi) is 4.74. The SMILES string of the molecule is CC1CCC(OCCN(C)C)CC1. The van der Waals surface area contributed by atoms with E-state index in [9.17, 15) is 0 Å². The molecule has 2 nitrogen and oxygen atoms in total. The molecular weight excluding hydrogens is 162 g/mol. The Balaban J connectivity index is 2.02. The van der Waals surface area contributed by atoms with Crippen LogP contribution in [0.15, 0.2) is 0 Å². The minimum absolute atomic E-state index is 0.552. The minimum atomic E-state index is 0.552. The summed E-state index contributed by atoms with van der Waals surface area (Å²) in [5.74, 6) is 0.925. The van der Waals surface area contributed by atoms with Gasteiger partial charge in [-0.15, -0.1) is 0 Å². The van der Waals surface area contributed by atoms with Crippen LogP contribution in [0.3, 0.4) is 0 Å². The predicted octanol–water partition coefficient (Wildman–Crippen LogP) is 2.14. The van der Waals surface area contributed by atoms with Crippen LogP contribution in [0.25, 0.3) is 0 Å². The van der Waals surface area contributed by atoms with Crippen LogP contribution in [-0.4, -0.2) is 38.3 Å². The largest absolute Gasteiger partial charge is 0.377 e. The van der Waals surface area contributed by atoms with Crippen LogP contribution in [0.5, 0.6) is 0 Å². The maximum absolute atomic E-state index is 5.80. The zero-order valence-electron chi connectivity index (χ0n) is 9.25. The Hall–Kier alpha value is -0.0800. The van der Waals surface area contributed by atoms with Gasteiger partial charge in [0.05, 0.1) is 12.7 Å². The molecule has 1 saturated carbocycles. The molecular formula is C11H23NO. The van der Waals surface area contributed by atoms with Crippen molar-refractivity contribution in [1.82, 2.24) is 4.90 Å². The molecule has 0 radical (unpaired) electrons. The molecule has 1 aliphatic carbocycles. The van der Waals surface area contributed by atoms with E-state index in [1.165, 1.54) is 25.7 Å². The van der Waals surface area contributed by atoms with Gasteiger partial charge in [0.2, 0.25) is 0 Å². The van der Waals surface area contributed by atoms with Crippen molar-refractivity contribution < 1.29 is 4.74 Å². The second kappa shape index (κ2) is 5.61.